The van der Waals surface area contributed by atoms with Gasteiger partial charge in [-0.25, -0.2) is 0 Å². The second-order valence-corrected chi connectivity index (χ2v) is 7.93. The van der Waals surface area contributed by atoms with Crippen molar-refractivity contribution in [1.29, 1.82) is 0 Å². The molecule has 3 saturated carbocycles. The molecule has 4 fully saturated rings. The van der Waals surface area contributed by atoms with Crippen molar-refractivity contribution in [2.24, 2.45) is 23.7 Å². The average Bonchev–Trinajstić information content (AvgIpc) is 3.11. The van der Waals surface area contributed by atoms with E-state index in [0.29, 0.717) is 6.10 Å². The van der Waals surface area contributed by atoms with Crippen LogP contribution < -0.4 is 5.32 Å². The van der Waals surface area contributed by atoms with Crippen molar-refractivity contribution in [2.45, 2.75) is 82.9 Å². The molecular formula is C18H31NO. The fourth-order valence-electron chi connectivity index (χ4n) is 6.12. The summed E-state index contributed by atoms with van der Waals surface area (Å²) in [6.07, 6.45) is 13.2. The number of ether oxygens (including phenoxy) is 1. The predicted octanol–water partition coefficient (Wildman–Crippen LogP) is 3.75. The van der Waals surface area contributed by atoms with Crippen molar-refractivity contribution < 1.29 is 4.74 Å². The van der Waals surface area contributed by atoms with E-state index in [1.54, 1.807) is 12.8 Å². The van der Waals surface area contributed by atoms with Gasteiger partial charge in [0.15, 0.2) is 0 Å². The Kier molecular flexibility index (Phi) is 3.80. The summed E-state index contributed by atoms with van der Waals surface area (Å²) in [5.41, 5.74) is 0. The van der Waals surface area contributed by atoms with E-state index in [-0.39, 0.29) is 0 Å². The van der Waals surface area contributed by atoms with Crippen LogP contribution in [0.4, 0.5) is 0 Å². The Morgan fingerprint density at radius 3 is 2.80 bits per heavy atom. The highest BCUT2D eigenvalue weighted by Crippen LogP contribution is 2.58. The Hall–Kier alpha value is -0.0800. The molecule has 0 amide bonds. The number of hydrogen-bond donors (Lipinski definition) is 1. The van der Waals surface area contributed by atoms with Crippen molar-refractivity contribution >= 4 is 0 Å². The van der Waals surface area contributed by atoms with Gasteiger partial charge in [0.2, 0.25) is 0 Å². The van der Waals surface area contributed by atoms with E-state index < -0.39 is 0 Å². The largest absolute Gasteiger partial charge is 0.378 e. The minimum Gasteiger partial charge on any atom is -0.378 e. The number of fused-ring (bicyclic) bond motifs is 5. The van der Waals surface area contributed by atoms with Crippen molar-refractivity contribution in [3.05, 3.63) is 0 Å². The van der Waals surface area contributed by atoms with Gasteiger partial charge in [-0.1, -0.05) is 19.8 Å². The van der Waals surface area contributed by atoms with Gasteiger partial charge in [0.05, 0.1) is 6.10 Å². The second-order valence-electron chi connectivity index (χ2n) is 7.93. The summed E-state index contributed by atoms with van der Waals surface area (Å²) in [6.45, 7) is 3.26. The van der Waals surface area contributed by atoms with Crippen LogP contribution in [0, 0.1) is 23.7 Å². The third-order valence-electron chi connectivity index (χ3n) is 6.86. The third-order valence-corrected chi connectivity index (χ3v) is 6.86. The molecule has 1 saturated heterocycles. The standard InChI is InChI=1S/C18H31NO/c1-2-4-14-11-13(7-8-20-14)19-18-10-12-9-17(18)16-6-3-5-15(12)16/h12-19H,2-11H2,1H3. The maximum Gasteiger partial charge on any atom is 0.0589 e. The second kappa shape index (κ2) is 5.61. The molecule has 0 radical (unpaired) electrons. The maximum atomic E-state index is 5.90. The van der Waals surface area contributed by atoms with Crippen LogP contribution in [-0.4, -0.2) is 24.8 Å². The van der Waals surface area contributed by atoms with Gasteiger partial charge in [-0.3, -0.25) is 0 Å². The lowest BCUT2D eigenvalue weighted by Gasteiger charge is -2.37. The molecular weight excluding hydrogens is 246 g/mol. The van der Waals surface area contributed by atoms with Gasteiger partial charge in [0, 0.05) is 18.7 Å². The molecule has 3 aliphatic carbocycles. The van der Waals surface area contributed by atoms with Gasteiger partial charge in [-0.15, -0.1) is 0 Å². The smallest absolute Gasteiger partial charge is 0.0589 e. The van der Waals surface area contributed by atoms with Crippen LogP contribution in [0.15, 0.2) is 0 Å². The fourth-order valence-corrected chi connectivity index (χ4v) is 6.12. The molecule has 1 heterocycles. The Balaban J connectivity index is 1.34. The predicted molar refractivity (Wildman–Crippen MR) is 81.6 cm³/mol. The molecule has 2 nitrogen and oxygen atoms in total. The molecule has 2 bridgehead atoms. The Bertz CT molecular complexity index is 342. The molecule has 0 spiro atoms. The van der Waals surface area contributed by atoms with Gasteiger partial charge in [-0.2, -0.15) is 0 Å². The normalized spacial score (nSPS) is 50.5. The quantitative estimate of drug-likeness (QED) is 0.845. The van der Waals surface area contributed by atoms with Crippen LogP contribution >= 0.6 is 0 Å². The van der Waals surface area contributed by atoms with E-state index in [1.807, 2.05) is 0 Å². The van der Waals surface area contributed by atoms with Crippen LogP contribution in [0.2, 0.25) is 0 Å². The van der Waals surface area contributed by atoms with E-state index >= 15 is 0 Å². The zero-order valence-electron chi connectivity index (χ0n) is 13.0. The molecule has 0 aromatic carbocycles. The minimum absolute atomic E-state index is 0.532. The van der Waals surface area contributed by atoms with Gasteiger partial charge >= 0.3 is 0 Å². The Morgan fingerprint density at radius 2 is 1.90 bits per heavy atom. The van der Waals surface area contributed by atoms with Crippen LogP contribution in [0.3, 0.4) is 0 Å². The highest BCUT2D eigenvalue weighted by atomic mass is 16.5. The lowest BCUT2D eigenvalue weighted by Crippen LogP contribution is -2.48. The summed E-state index contributed by atoms with van der Waals surface area (Å²) < 4.78 is 5.90. The van der Waals surface area contributed by atoms with Gasteiger partial charge in [-0.05, 0) is 68.6 Å². The van der Waals surface area contributed by atoms with Crippen molar-refractivity contribution in [2.75, 3.05) is 6.61 Å². The first-order chi connectivity index (χ1) is 9.85. The fraction of sp³-hybridized carbons (Fsp3) is 1.00. The molecule has 2 heteroatoms. The Morgan fingerprint density at radius 1 is 1.00 bits per heavy atom. The van der Waals surface area contributed by atoms with Gasteiger partial charge in [0.1, 0.15) is 0 Å². The Labute approximate surface area is 124 Å². The topological polar surface area (TPSA) is 21.3 Å². The van der Waals surface area contributed by atoms with Gasteiger partial charge < -0.3 is 10.1 Å². The van der Waals surface area contributed by atoms with Crippen molar-refractivity contribution in [3.8, 4) is 0 Å². The number of rotatable bonds is 4. The first-order valence-electron chi connectivity index (χ1n) is 9.22. The van der Waals surface area contributed by atoms with E-state index in [1.165, 1.54) is 44.9 Å². The molecule has 20 heavy (non-hydrogen) atoms. The molecule has 7 unspecified atom stereocenters. The number of nitrogens with one attached hydrogen (secondary N) is 1. The van der Waals surface area contributed by atoms with E-state index in [2.05, 4.69) is 12.2 Å². The van der Waals surface area contributed by atoms with Gasteiger partial charge in [0.25, 0.3) is 0 Å². The molecule has 4 aliphatic rings. The first kappa shape index (κ1) is 13.6. The SMILES string of the molecule is CCCC1CC(NC2CC3CC2C2CCCC32)CCO1. The molecule has 1 N–H and O–H groups in total. The van der Waals surface area contributed by atoms with Crippen LogP contribution in [0.1, 0.15) is 64.7 Å². The molecule has 1 aliphatic heterocycles. The average molecular weight is 277 g/mol. The molecule has 4 rings (SSSR count). The molecule has 7 atom stereocenters. The zero-order chi connectivity index (χ0) is 13.5. The number of hydrogen-bond acceptors (Lipinski definition) is 2. The molecule has 114 valence electrons. The van der Waals surface area contributed by atoms with Crippen LogP contribution in [0.5, 0.6) is 0 Å². The van der Waals surface area contributed by atoms with E-state index in [0.717, 1.165) is 42.4 Å². The summed E-state index contributed by atoms with van der Waals surface area (Å²) in [5, 5.41) is 4.07. The molecule has 0 aromatic rings. The summed E-state index contributed by atoms with van der Waals surface area (Å²) in [6, 6.07) is 1.59. The van der Waals surface area contributed by atoms with E-state index in [9.17, 15) is 0 Å². The van der Waals surface area contributed by atoms with E-state index in [4.69, 9.17) is 4.74 Å². The summed E-state index contributed by atoms with van der Waals surface area (Å²) in [7, 11) is 0. The summed E-state index contributed by atoms with van der Waals surface area (Å²) in [4.78, 5) is 0. The van der Waals surface area contributed by atoms with Crippen molar-refractivity contribution in [1.82, 2.24) is 5.32 Å². The lowest BCUT2D eigenvalue weighted by atomic mass is 9.78. The highest BCUT2D eigenvalue weighted by Gasteiger charge is 2.53. The first-order valence-corrected chi connectivity index (χ1v) is 9.22. The summed E-state index contributed by atoms with van der Waals surface area (Å²) in [5.74, 6) is 4.33. The summed E-state index contributed by atoms with van der Waals surface area (Å²) >= 11 is 0. The monoisotopic (exact) mass is 277 g/mol. The lowest BCUT2D eigenvalue weighted by molar-refractivity contribution is -0.00733. The maximum absolute atomic E-state index is 5.90. The van der Waals surface area contributed by atoms with Crippen molar-refractivity contribution in [3.63, 3.8) is 0 Å². The highest BCUT2D eigenvalue weighted by molar-refractivity contribution is 5.06. The van der Waals surface area contributed by atoms with Crippen LogP contribution in [-0.2, 0) is 4.74 Å². The third kappa shape index (κ3) is 2.33. The molecule has 0 aromatic heterocycles. The zero-order valence-corrected chi connectivity index (χ0v) is 13.0. The minimum atomic E-state index is 0.532. The van der Waals surface area contributed by atoms with Crippen LogP contribution in [0.25, 0.3) is 0 Å².